The number of ether oxygens (including phenoxy) is 1. The van der Waals surface area contributed by atoms with Gasteiger partial charge in [0, 0.05) is 5.56 Å². The molecule has 0 bridgehead atoms. The second-order valence-electron chi connectivity index (χ2n) is 3.74. The molecule has 0 amide bonds. The van der Waals surface area contributed by atoms with Crippen LogP contribution in [0.4, 0.5) is 0 Å². The molecule has 0 unspecified atom stereocenters. The number of carbonyl (C=O) groups is 1. The van der Waals surface area contributed by atoms with Crippen LogP contribution in [0.25, 0.3) is 0 Å². The van der Waals surface area contributed by atoms with Crippen molar-refractivity contribution in [2.24, 2.45) is 0 Å². The Morgan fingerprint density at radius 1 is 1.35 bits per heavy atom. The smallest absolute Gasteiger partial charge is 0.213 e. The Morgan fingerprint density at radius 3 is 2.59 bits per heavy atom. The summed E-state index contributed by atoms with van der Waals surface area (Å²) < 4.78 is 10.2. The maximum Gasteiger partial charge on any atom is 0.213 e. The Bertz CT molecular complexity index is 498. The summed E-state index contributed by atoms with van der Waals surface area (Å²) >= 11 is 0. The monoisotopic (exact) mass is 232 g/mol. The van der Waals surface area contributed by atoms with Crippen molar-refractivity contribution in [2.75, 3.05) is 0 Å². The molecule has 0 aliphatic carbocycles. The zero-order valence-corrected chi connectivity index (χ0v) is 9.64. The normalized spacial score (nSPS) is 10.2. The Kier molecular flexibility index (Phi) is 3.18. The van der Waals surface area contributed by atoms with Gasteiger partial charge in [-0.25, -0.2) is 0 Å². The van der Waals surface area contributed by atoms with Crippen LogP contribution in [-0.4, -0.2) is 16.4 Å². The molecule has 17 heavy (non-hydrogen) atoms. The predicted octanol–water partition coefficient (Wildman–Crippen LogP) is 2.08. The Hall–Kier alpha value is -2.17. The molecule has 0 spiro atoms. The van der Waals surface area contributed by atoms with E-state index in [1.165, 1.54) is 6.39 Å². The highest BCUT2D eigenvalue weighted by molar-refractivity contribution is 5.76. The summed E-state index contributed by atoms with van der Waals surface area (Å²) in [5.41, 5.74) is 2.47. The van der Waals surface area contributed by atoms with Crippen molar-refractivity contribution in [1.29, 1.82) is 0 Å². The third-order valence-corrected chi connectivity index (χ3v) is 2.37. The lowest BCUT2D eigenvalue weighted by molar-refractivity contribution is 0.112. The van der Waals surface area contributed by atoms with Gasteiger partial charge >= 0.3 is 0 Å². The number of aldehydes is 1. The highest BCUT2D eigenvalue weighted by Gasteiger charge is 2.08. The minimum atomic E-state index is 0.249. The second kappa shape index (κ2) is 4.78. The lowest BCUT2D eigenvalue weighted by Crippen LogP contribution is -2.01. The summed E-state index contributed by atoms with van der Waals surface area (Å²) in [6, 6.07) is 3.57. The van der Waals surface area contributed by atoms with E-state index in [9.17, 15) is 4.79 Å². The van der Waals surface area contributed by atoms with Crippen LogP contribution in [0.1, 0.15) is 27.3 Å². The van der Waals surface area contributed by atoms with Gasteiger partial charge in [0.25, 0.3) is 0 Å². The molecule has 0 saturated carbocycles. The van der Waals surface area contributed by atoms with Crippen molar-refractivity contribution in [3.05, 3.63) is 41.0 Å². The van der Waals surface area contributed by atoms with Gasteiger partial charge in [-0.3, -0.25) is 4.79 Å². The maximum absolute atomic E-state index is 10.7. The first-order chi connectivity index (χ1) is 8.20. The summed E-state index contributed by atoms with van der Waals surface area (Å²) in [6.45, 7) is 4.04. The fraction of sp³-hybridized carbons (Fsp3) is 0.250. The van der Waals surface area contributed by atoms with Crippen molar-refractivity contribution in [3.63, 3.8) is 0 Å². The van der Waals surface area contributed by atoms with Crippen molar-refractivity contribution in [3.8, 4) is 5.75 Å². The first kappa shape index (κ1) is 11.3. The summed E-state index contributed by atoms with van der Waals surface area (Å²) in [5.74, 6) is 1.24. The third kappa shape index (κ3) is 2.50. The van der Waals surface area contributed by atoms with E-state index in [1.807, 2.05) is 13.8 Å². The minimum absolute atomic E-state index is 0.249. The number of carbonyl (C=O) groups excluding carboxylic acids is 1. The van der Waals surface area contributed by atoms with Gasteiger partial charge < -0.3 is 9.26 Å². The van der Waals surface area contributed by atoms with Crippen molar-refractivity contribution >= 4 is 6.29 Å². The van der Waals surface area contributed by atoms with Gasteiger partial charge in [0.2, 0.25) is 12.2 Å². The van der Waals surface area contributed by atoms with Crippen LogP contribution in [0.15, 0.2) is 23.0 Å². The molecule has 5 nitrogen and oxygen atoms in total. The number of aryl methyl sites for hydroxylation is 2. The van der Waals surface area contributed by atoms with Crippen LogP contribution in [0.3, 0.4) is 0 Å². The number of rotatable bonds is 4. The van der Waals surface area contributed by atoms with E-state index in [1.54, 1.807) is 12.1 Å². The molecule has 0 N–H and O–H groups in total. The molecule has 1 aromatic heterocycles. The molecule has 5 heteroatoms. The van der Waals surface area contributed by atoms with E-state index in [0.717, 1.165) is 23.2 Å². The van der Waals surface area contributed by atoms with Crippen LogP contribution >= 0.6 is 0 Å². The van der Waals surface area contributed by atoms with Gasteiger partial charge in [0.1, 0.15) is 12.0 Å². The predicted molar refractivity (Wildman–Crippen MR) is 59.9 cm³/mol. The Morgan fingerprint density at radius 2 is 2.06 bits per heavy atom. The molecule has 1 heterocycles. The van der Waals surface area contributed by atoms with Gasteiger partial charge in [0.15, 0.2) is 6.61 Å². The van der Waals surface area contributed by atoms with Gasteiger partial charge in [-0.2, -0.15) is 4.98 Å². The molecule has 0 aliphatic heterocycles. The summed E-state index contributed by atoms with van der Waals surface area (Å²) in [7, 11) is 0. The molecule has 0 radical (unpaired) electrons. The Balaban J connectivity index is 2.18. The molecule has 1 aromatic carbocycles. The molecule has 0 fully saturated rings. The van der Waals surface area contributed by atoms with Crippen molar-refractivity contribution < 1.29 is 14.1 Å². The SMILES string of the molecule is Cc1cc(C=O)cc(C)c1OCc1ncon1. The van der Waals surface area contributed by atoms with E-state index >= 15 is 0 Å². The fourth-order valence-electron chi connectivity index (χ4n) is 1.67. The fourth-order valence-corrected chi connectivity index (χ4v) is 1.67. The highest BCUT2D eigenvalue weighted by atomic mass is 16.5. The highest BCUT2D eigenvalue weighted by Crippen LogP contribution is 2.24. The molecular weight excluding hydrogens is 220 g/mol. The number of nitrogens with zero attached hydrogens (tertiary/aromatic N) is 2. The van der Waals surface area contributed by atoms with Gasteiger partial charge in [-0.15, -0.1) is 0 Å². The number of hydrogen-bond donors (Lipinski definition) is 0. The summed E-state index contributed by atoms with van der Waals surface area (Å²) in [6.07, 6.45) is 2.08. The van der Waals surface area contributed by atoms with Gasteiger partial charge in [-0.1, -0.05) is 5.16 Å². The topological polar surface area (TPSA) is 65.2 Å². The molecule has 88 valence electrons. The lowest BCUT2D eigenvalue weighted by Gasteiger charge is -2.11. The summed E-state index contributed by atoms with van der Waals surface area (Å²) in [5, 5.41) is 3.66. The third-order valence-electron chi connectivity index (χ3n) is 2.37. The van der Waals surface area contributed by atoms with Crippen LogP contribution in [0.2, 0.25) is 0 Å². The standard InChI is InChI=1S/C12H12N2O3/c1-8-3-10(5-15)4-9(2)12(8)16-6-11-13-7-17-14-11/h3-5,7H,6H2,1-2H3. The van der Waals surface area contributed by atoms with Crippen molar-refractivity contribution in [2.45, 2.75) is 20.5 Å². The first-order valence-electron chi connectivity index (χ1n) is 5.15. The second-order valence-corrected chi connectivity index (χ2v) is 3.74. The van der Waals surface area contributed by atoms with E-state index in [2.05, 4.69) is 14.7 Å². The minimum Gasteiger partial charge on any atom is -0.485 e. The zero-order chi connectivity index (χ0) is 12.3. The van der Waals surface area contributed by atoms with Crippen LogP contribution in [-0.2, 0) is 6.61 Å². The van der Waals surface area contributed by atoms with Crippen LogP contribution < -0.4 is 4.74 Å². The number of benzene rings is 1. The zero-order valence-electron chi connectivity index (χ0n) is 9.64. The molecule has 2 aromatic rings. The number of hydrogen-bond acceptors (Lipinski definition) is 5. The average molecular weight is 232 g/mol. The van der Waals surface area contributed by atoms with Crippen molar-refractivity contribution in [1.82, 2.24) is 10.1 Å². The molecule has 0 atom stereocenters. The number of aromatic nitrogens is 2. The Labute approximate surface area is 98.4 Å². The van der Waals surface area contributed by atoms with E-state index in [-0.39, 0.29) is 6.61 Å². The average Bonchev–Trinajstić information content (AvgIpc) is 2.80. The quantitative estimate of drug-likeness (QED) is 0.755. The molecule has 0 saturated heterocycles. The van der Waals surface area contributed by atoms with Crippen LogP contribution in [0.5, 0.6) is 5.75 Å². The van der Waals surface area contributed by atoms with Gasteiger partial charge in [0.05, 0.1) is 0 Å². The van der Waals surface area contributed by atoms with Crippen LogP contribution in [0, 0.1) is 13.8 Å². The lowest BCUT2D eigenvalue weighted by atomic mass is 10.1. The van der Waals surface area contributed by atoms with E-state index in [0.29, 0.717) is 11.4 Å². The maximum atomic E-state index is 10.7. The first-order valence-corrected chi connectivity index (χ1v) is 5.15. The van der Waals surface area contributed by atoms with E-state index in [4.69, 9.17) is 4.74 Å². The van der Waals surface area contributed by atoms with Gasteiger partial charge in [-0.05, 0) is 37.1 Å². The molecule has 2 rings (SSSR count). The largest absolute Gasteiger partial charge is 0.485 e. The molecular formula is C12H12N2O3. The molecule has 0 aliphatic rings. The summed E-state index contributed by atoms with van der Waals surface area (Å²) in [4.78, 5) is 14.6. The van der Waals surface area contributed by atoms with E-state index < -0.39 is 0 Å².